The first-order valence-corrected chi connectivity index (χ1v) is 6.56. The Labute approximate surface area is 120 Å². The molecule has 1 aromatic heterocycles. The van der Waals surface area contributed by atoms with Gasteiger partial charge in [-0.05, 0) is 39.2 Å². The van der Waals surface area contributed by atoms with Crippen molar-refractivity contribution in [2.75, 3.05) is 7.11 Å². The first-order valence-electron chi connectivity index (χ1n) is 6.56. The molecule has 1 aromatic rings. The molecule has 0 bridgehead atoms. The standard InChI is InChI=1S/C14H19BN2O3/c1-13(2)14(3,4)20-15(19-13)10-8-11(6-7-16)17-12(9-10)18-5/h8-9H,6H2,1-5H3. The first-order chi connectivity index (χ1) is 9.29. The summed E-state index contributed by atoms with van der Waals surface area (Å²) in [7, 11) is 1.07. The second-order valence-electron chi connectivity index (χ2n) is 5.86. The molecule has 0 aliphatic carbocycles. The van der Waals surface area contributed by atoms with E-state index in [0.717, 1.165) is 5.46 Å². The largest absolute Gasteiger partial charge is 0.495 e. The Hall–Kier alpha value is -1.58. The minimum Gasteiger partial charge on any atom is -0.481 e. The number of hydrogen-bond donors (Lipinski definition) is 0. The van der Waals surface area contributed by atoms with Crippen molar-refractivity contribution in [3.05, 3.63) is 17.8 Å². The molecule has 0 N–H and O–H groups in total. The second-order valence-corrected chi connectivity index (χ2v) is 5.86. The lowest BCUT2D eigenvalue weighted by atomic mass is 9.79. The molecule has 0 radical (unpaired) electrons. The summed E-state index contributed by atoms with van der Waals surface area (Å²) in [6, 6.07) is 5.69. The van der Waals surface area contributed by atoms with E-state index >= 15 is 0 Å². The van der Waals surface area contributed by atoms with Crippen LogP contribution in [0.2, 0.25) is 0 Å². The maximum atomic E-state index is 8.81. The summed E-state index contributed by atoms with van der Waals surface area (Å²) in [5.74, 6) is 0.461. The number of ether oxygens (including phenoxy) is 1. The molecule has 2 heterocycles. The van der Waals surface area contributed by atoms with Gasteiger partial charge in [-0.15, -0.1) is 0 Å². The van der Waals surface area contributed by atoms with Crippen LogP contribution < -0.4 is 10.2 Å². The predicted molar refractivity (Wildman–Crippen MR) is 75.8 cm³/mol. The Morgan fingerprint density at radius 3 is 2.35 bits per heavy atom. The zero-order valence-corrected chi connectivity index (χ0v) is 12.6. The molecule has 20 heavy (non-hydrogen) atoms. The highest BCUT2D eigenvalue weighted by atomic mass is 16.7. The molecule has 1 aliphatic heterocycles. The fourth-order valence-electron chi connectivity index (χ4n) is 1.97. The van der Waals surface area contributed by atoms with Gasteiger partial charge in [0.05, 0.1) is 36.5 Å². The molecular weight excluding hydrogens is 255 g/mol. The molecule has 0 amide bonds. The highest BCUT2D eigenvalue weighted by Crippen LogP contribution is 2.36. The fourth-order valence-corrected chi connectivity index (χ4v) is 1.97. The summed E-state index contributed by atoms with van der Waals surface area (Å²) in [4.78, 5) is 4.23. The van der Waals surface area contributed by atoms with Crippen LogP contribution in [-0.4, -0.2) is 30.4 Å². The van der Waals surface area contributed by atoms with E-state index in [1.807, 2.05) is 33.8 Å². The molecule has 0 spiro atoms. The van der Waals surface area contributed by atoms with Crippen molar-refractivity contribution in [2.24, 2.45) is 0 Å². The number of rotatable bonds is 3. The lowest BCUT2D eigenvalue weighted by Gasteiger charge is -2.32. The van der Waals surface area contributed by atoms with E-state index in [-0.39, 0.29) is 6.42 Å². The van der Waals surface area contributed by atoms with Gasteiger partial charge < -0.3 is 14.0 Å². The highest BCUT2D eigenvalue weighted by Gasteiger charge is 2.51. The monoisotopic (exact) mass is 274 g/mol. The quantitative estimate of drug-likeness (QED) is 0.781. The van der Waals surface area contributed by atoms with E-state index in [0.29, 0.717) is 11.6 Å². The zero-order chi connectivity index (χ0) is 15.0. The Kier molecular flexibility index (Phi) is 3.76. The van der Waals surface area contributed by atoms with Gasteiger partial charge in [0.15, 0.2) is 0 Å². The summed E-state index contributed by atoms with van der Waals surface area (Å²) in [6.45, 7) is 8.01. The molecular formula is C14H19BN2O3. The van der Waals surface area contributed by atoms with Gasteiger partial charge in [-0.3, -0.25) is 0 Å². The van der Waals surface area contributed by atoms with Crippen molar-refractivity contribution in [3.8, 4) is 11.9 Å². The number of pyridine rings is 1. The Morgan fingerprint density at radius 2 is 1.85 bits per heavy atom. The molecule has 0 unspecified atom stereocenters. The topological polar surface area (TPSA) is 64.4 Å². The van der Waals surface area contributed by atoms with Crippen molar-refractivity contribution < 1.29 is 14.0 Å². The van der Waals surface area contributed by atoms with Crippen molar-refractivity contribution in [2.45, 2.75) is 45.3 Å². The minimum absolute atomic E-state index is 0.226. The lowest BCUT2D eigenvalue weighted by molar-refractivity contribution is 0.00578. The molecule has 1 aliphatic rings. The molecule has 1 fully saturated rings. The smallest absolute Gasteiger partial charge is 0.481 e. The molecule has 0 atom stereocenters. The summed E-state index contributed by atoms with van der Waals surface area (Å²) in [5.41, 5.74) is 0.671. The summed E-state index contributed by atoms with van der Waals surface area (Å²) in [5, 5.41) is 8.81. The second kappa shape index (κ2) is 5.08. The molecule has 0 aromatic carbocycles. The van der Waals surface area contributed by atoms with E-state index < -0.39 is 18.3 Å². The van der Waals surface area contributed by atoms with Crippen LogP contribution in [0.5, 0.6) is 5.88 Å². The van der Waals surface area contributed by atoms with Gasteiger partial charge in [-0.25, -0.2) is 4.98 Å². The van der Waals surface area contributed by atoms with Crippen molar-refractivity contribution in [1.29, 1.82) is 5.26 Å². The van der Waals surface area contributed by atoms with Crippen LogP contribution in [0.25, 0.3) is 0 Å². The number of nitriles is 1. The minimum atomic E-state index is -0.477. The van der Waals surface area contributed by atoms with Gasteiger partial charge in [0.25, 0.3) is 0 Å². The van der Waals surface area contributed by atoms with Crippen LogP contribution in [0, 0.1) is 11.3 Å². The summed E-state index contributed by atoms with van der Waals surface area (Å²) < 4.78 is 17.2. The normalized spacial score (nSPS) is 19.7. The van der Waals surface area contributed by atoms with Crippen LogP contribution in [-0.2, 0) is 15.7 Å². The van der Waals surface area contributed by atoms with Gasteiger partial charge in [0.2, 0.25) is 5.88 Å². The Bertz CT molecular complexity index is 536. The lowest BCUT2D eigenvalue weighted by Crippen LogP contribution is -2.41. The van der Waals surface area contributed by atoms with Crippen LogP contribution in [0.3, 0.4) is 0 Å². The van der Waals surface area contributed by atoms with Gasteiger partial charge in [0, 0.05) is 6.07 Å². The molecule has 6 heteroatoms. The Balaban J connectivity index is 2.34. The Morgan fingerprint density at radius 1 is 1.25 bits per heavy atom. The first kappa shape index (κ1) is 14.8. The van der Waals surface area contributed by atoms with E-state index in [1.165, 1.54) is 0 Å². The highest BCUT2D eigenvalue weighted by molar-refractivity contribution is 6.62. The average Bonchev–Trinajstić information content (AvgIpc) is 2.58. The fraction of sp³-hybridized carbons (Fsp3) is 0.571. The third-order valence-corrected chi connectivity index (χ3v) is 3.87. The maximum absolute atomic E-state index is 8.81. The van der Waals surface area contributed by atoms with Crippen molar-refractivity contribution in [3.63, 3.8) is 0 Å². The average molecular weight is 274 g/mol. The van der Waals surface area contributed by atoms with Gasteiger partial charge >= 0.3 is 7.12 Å². The number of aromatic nitrogens is 1. The van der Waals surface area contributed by atoms with Crippen LogP contribution in [0.15, 0.2) is 12.1 Å². The number of nitrogens with zero attached hydrogens (tertiary/aromatic N) is 2. The van der Waals surface area contributed by atoms with E-state index in [4.69, 9.17) is 19.3 Å². The van der Waals surface area contributed by atoms with E-state index in [9.17, 15) is 0 Å². The van der Waals surface area contributed by atoms with Crippen LogP contribution >= 0.6 is 0 Å². The zero-order valence-electron chi connectivity index (χ0n) is 12.6. The summed E-state index contributed by atoms with van der Waals surface area (Å²) in [6.07, 6.45) is 0.226. The molecule has 0 saturated carbocycles. The number of hydrogen-bond acceptors (Lipinski definition) is 5. The third-order valence-electron chi connectivity index (χ3n) is 3.87. The van der Waals surface area contributed by atoms with E-state index in [1.54, 1.807) is 13.2 Å². The summed E-state index contributed by atoms with van der Waals surface area (Å²) >= 11 is 0. The van der Waals surface area contributed by atoms with Crippen molar-refractivity contribution >= 4 is 12.6 Å². The molecule has 5 nitrogen and oxygen atoms in total. The third kappa shape index (κ3) is 2.65. The van der Waals surface area contributed by atoms with Gasteiger partial charge in [-0.2, -0.15) is 5.26 Å². The molecule has 2 rings (SSSR count). The molecule has 1 saturated heterocycles. The predicted octanol–water partition coefficient (Wildman–Crippen LogP) is 1.46. The van der Waals surface area contributed by atoms with Crippen LogP contribution in [0.4, 0.5) is 0 Å². The van der Waals surface area contributed by atoms with Gasteiger partial charge in [-0.1, -0.05) is 0 Å². The molecule has 106 valence electrons. The maximum Gasteiger partial charge on any atom is 0.495 e. The SMILES string of the molecule is COc1cc(B2OC(C)(C)C(C)(C)O2)cc(CC#N)n1. The van der Waals surface area contributed by atoms with Gasteiger partial charge in [0.1, 0.15) is 0 Å². The van der Waals surface area contributed by atoms with E-state index in [2.05, 4.69) is 11.1 Å². The van der Waals surface area contributed by atoms with Crippen LogP contribution in [0.1, 0.15) is 33.4 Å². The van der Waals surface area contributed by atoms with Crippen molar-refractivity contribution in [1.82, 2.24) is 4.98 Å². The number of methoxy groups -OCH3 is 1.